The first kappa shape index (κ1) is 14.5. The highest BCUT2D eigenvalue weighted by molar-refractivity contribution is 5.28. The van der Waals surface area contributed by atoms with Crippen LogP contribution in [-0.2, 0) is 13.0 Å². The fraction of sp³-hybridized carbons (Fsp3) is 0.353. The van der Waals surface area contributed by atoms with Crippen LogP contribution in [-0.4, -0.2) is 18.1 Å². The molecular formula is C17H22N2O. The Hall–Kier alpha value is -1.87. The third kappa shape index (κ3) is 5.02. The third-order valence-electron chi connectivity index (χ3n) is 3.06. The fourth-order valence-electron chi connectivity index (χ4n) is 1.99. The number of nitrogens with zero attached hydrogens (tertiary/aromatic N) is 1. The lowest BCUT2D eigenvalue weighted by molar-refractivity contribution is 0.321. The van der Waals surface area contributed by atoms with E-state index in [9.17, 15) is 0 Å². The Kier molecular flexibility index (Phi) is 6.06. The molecule has 0 saturated heterocycles. The first-order valence-corrected chi connectivity index (χ1v) is 7.20. The van der Waals surface area contributed by atoms with E-state index in [1.54, 1.807) is 0 Å². The van der Waals surface area contributed by atoms with E-state index in [2.05, 4.69) is 29.4 Å². The predicted molar refractivity (Wildman–Crippen MR) is 81.9 cm³/mol. The molecule has 0 atom stereocenters. The van der Waals surface area contributed by atoms with Crippen LogP contribution >= 0.6 is 0 Å². The van der Waals surface area contributed by atoms with Gasteiger partial charge in [-0.05, 0) is 48.4 Å². The van der Waals surface area contributed by atoms with Crippen molar-refractivity contribution in [3.05, 3.63) is 59.9 Å². The van der Waals surface area contributed by atoms with E-state index in [0.717, 1.165) is 31.7 Å². The Labute approximate surface area is 121 Å². The second kappa shape index (κ2) is 8.33. The first-order chi connectivity index (χ1) is 9.88. The summed E-state index contributed by atoms with van der Waals surface area (Å²) >= 11 is 0. The molecule has 0 unspecified atom stereocenters. The third-order valence-corrected chi connectivity index (χ3v) is 3.06. The molecule has 20 heavy (non-hydrogen) atoms. The average molecular weight is 270 g/mol. The van der Waals surface area contributed by atoms with Gasteiger partial charge in [0.15, 0.2) is 0 Å². The van der Waals surface area contributed by atoms with Crippen LogP contribution in [0.15, 0.2) is 48.8 Å². The Morgan fingerprint density at radius 3 is 2.75 bits per heavy atom. The maximum atomic E-state index is 5.81. The number of nitrogens with one attached hydrogen (secondary N) is 1. The van der Waals surface area contributed by atoms with Crippen molar-refractivity contribution in [3.8, 4) is 5.75 Å². The zero-order chi connectivity index (χ0) is 14.0. The molecule has 0 fully saturated rings. The van der Waals surface area contributed by atoms with Crippen molar-refractivity contribution < 1.29 is 4.74 Å². The van der Waals surface area contributed by atoms with Crippen molar-refractivity contribution in [2.45, 2.75) is 26.3 Å². The van der Waals surface area contributed by atoms with Crippen molar-refractivity contribution in [1.29, 1.82) is 0 Å². The van der Waals surface area contributed by atoms with Crippen molar-refractivity contribution >= 4 is 0 Å². The van der Waals surface area contributed by atoms with Crippen LogP contribution in [0.1, 0.15) is 24.5 Å². The van der Waals surface area contributed by atoms with Crippen molar-refractivity contribution in [1.82, 2.24) is 10.3 Å². The number of rotatable bonds is 8. The van der Waals surface area contributed by atoms with E-state index in [1.807, 2.05) is 36.7 Å². The quantitative estimate of drug-likeness (QED) is 0.748. The lowest BCUT2D eigenvalue weighted by Crippen LogP contribution is -2.13. The van der Waals surface area contributed by atoms with Gasteiger partial charge in [-0.25, -0.2) is 0 Å². The fourth-order valence-corrected chi connectivity index (χ4v) is 1.99. The van der Waals surface area contributed by atoms with Gasteiger partial charge in [-0.15, -0.1) is 0 Å². The summed E-state index contributed by atoms with van der Waals surface area (Å²) < 4.78 is 5.81. The Morgan fingerprint density at radius 1 is 1.10 bits per heavy atom. The van der Waals surface area contributed by atoms with Crippen LogP contribution in [0.4, 0.5) is 0 Å². The minimum Gasteiger partial charge on any atom is -0.493 e. The van der Waals surface area contributed by atoms with Gasteiger partial charge < -0.3 is 10.1 Å². The van der Waals surface area contributed by atoms with Crippen LogP contribution < -0.4 is 10.1 Å². The number of benzene rings is 1. The van der Waals surface area contributed by atoms with Crippen LogP contribution in [0.3, 0.4) is 0 Å². The van der Waals surface area contributed by atoms with Gasteiger partial charge >= 0.3 is 0 Å². The lowest BCUT2D eigenvalue weighted by atomic mass is 10.2. The molecule has 106 valence electrons. The van der Waals surface area contributed by atoms with Crippen LogP contribution in [0.2, 0.25) is 0 Å². The molecule has 0 amide bonds. The molecule has 0 spiro atoms. The van der Waals surface area contributed by atoms with Crippen LogP contribution in [0.5, 0.6) is 5.75 Å². The van der Waals surface area contributed by atoms with Gasteiger partial charge in [-0.2, -0.15) is 0 Å². The summed E-state index contributed by atoms with van der Waals surface area (Å²) in [5.74, 6) is 0.940. The Bertz CT molecular complexity index is 499. The summed E-state index contributed by atoms with van der Waals surface area (Å²) in [5, 5.41) is 3.40. The summed E-state index contributed by atoms with van der Waals surface area (Å²) in [6.45, 7) is 4.81. The number of hydrogen-bond donors (Lipinski definition) is 1. The van der Waals surface area contributed by atoms with Crippen molar-refractivity contribution in [2.75, 3.05) is 13.2 Å². The molecule has 1 aromatic heterocycles. The number of hydrogen-bond acceptors (Lipinski definition) is 3. The number of pyridine rings is 1. The molecule has 0 aliphatic carbocycles. The molecular weight excluding hydrogens is 248 g/mol. The molecule has 2 rings (SSSR count). The van der Waals surface area contributed by atoms with Crippen molar-refractivity contribution in [3.63, 3.8) is 0 Å². The monoisotopic (exact) mass is 270 g/mol. The highest BCUT2D eigenvalue weighted by Gasteiger charge is 1.98. The molecule has 3 heteroatoms. The maximum Gasteiger partial charge on any atom is 0.119 e. The minimum absolute atomic E-state index is 0.690. The lowest BCUT2D eigenvalue weighted by Gasteiger charge is -2.08. The topological polar surface area (TPSA) is 34.1 Å². The summed E-state index contributed by atoms with van der Waals surface area (Å²) in [7, 11) is 0. The second-order valence-electron chi connectivity index (χ2n) is 4.78. The normalized spacial score (nSPS) is 10.4. The van der Waals surface area contributed by atoms with Gasteiger partial charge in [0.2, 0.25) is 0 Å². The molecule has 1 N–H and O–H groups in total. The van der Waals surface area contributed by atoms with E-state index in [-0.39, 0.29) is 0 Å². The highest BCUT2D eigenvalue weighted by Crippen LogP contribution is 2.13. The average Bonchev–Trinajstić information content (AvgIpc) is 2.49. The molecule has 1 aromatic carbocycles. The van der Waals surface area contributed by atoms with E-state index in [4.69, 9.17) is 4.74 Å². The summed E-state index contributed by atoms with van der Waals surface area (Å²) in [6.07, 6.45) is 5.69. The van der Waals surface area contributed by atoms with E-state index < -0.39 is 0 Å². The standard InChI is InChI=1S/C17H22N2O/c1-2-9-19-14-16-4-3-5-17(13-16)20-12-8-15-6-10-18-11-7-15/h3-7,10-11,13,19H,2,8-9,12,14H2,1H3. The molecule has 0 aliphatic heterocycles. The highest BCUT2D eigenvalue weighted by atomic mass is 16.5. The molecule has 2 aromatic rings. The Balaban J connectivity index is 1.79. The SMILES string of the molecule is CCCNCc1cccc(OCCc2ccncc2)c1. The minimum atomic E-state index is 0.690. The van der Waals surface area contributed by atoms with Gasteiger partial charge in [0, 0.05) is 25.4 Å². The predicted octanol–water partition coefficient (Wildman–Crippen LogP) is 3.20. The van der Waals surface area contributed by atoms with Gasteiger partial charge in [0.25, 0.3) is 0 Å². The second-order valence-corrected chi connectivity index (χ2v) is 4.78. The van der Waals surface area contributed by atoms with Crippen LogP contribution in [0.25, 0.3) is 0 Å². The van der Waals surface area contributed by atoms with E-state index in [0.29, 0.717) is 6.61 Å². The molecule has 1 heterocycles. The van der Waals surface area contributed by atoms with E-state index in [1.165, 1.54) is 11.1 Å². The summed E-state index contributed by atoms with van der Waals surface area (Å²) in [4.78, 5) is 4.01. The van der Waals surface area contributed by atoms with E-state index >= 15 is 0 Å². The first-order valence-electron chi connectivity index (χ1n) is 7.20. The van der Waals surface area contributed by atoms with Gasteiger partial charge in [-0.1, -0.05) is 19.1 Å². The molecule has 0 radical (unpaired) electrons. The van der Waals surface area contributed by atoms with Gasteiger partial charge in [-0.3, -0.25) is 4.98 Å². The molecule has 0 saturated carbocycles. The maximum absolute atomic E-state index is 5.81. The molecule has 0 aliphatic rings. The number of ether oxygens (including phenoxy) is 1. The Morgan fingerprint density at radius 2 is 1.95 bits per heavy atom. The van der Waals surface area contributed by atoms with Gasteiger partial charge in [0.05, 0.1) is 6.61 Å². The molecule has 3 nitrogen and oxygen atoms in total. The summed E-state index contributed by atoms with van der Waals surface area (Å²) in [5.41, 5.74) is 2.51. The molecule has 0 bridgehead atoms. The smallest absolute Gasteiger partial charge is 0.119 e. The van der Waals surface area contributed by atoms with Crippen molar-refractivity contribution in [2.24, 2.45) is 0 Å². The zero-order valence-corrected chi connectivity index (χ0v) is 12.0. The number of aromatic nitrogens is 1. The van der Waals surface area contributed by atoms with Crippen LogP contribution in [0, 0.1) is 0 Å². The zero-order valence-electron chi connectivity index (χ0n) is 12.0. The largest absolute Gasteiger partial charge is 0.493 e. The van der Waals surface area contributed by atoms with Gasteiger partial charge in [0.1, 0.15) is 5.75 Å². The summed E-state index contributed by atoms with van der Waals surface area (Å²) in [6, 6.07) is 12.3.